The van der Waals surface area contributed by atoms with Crippen molar-refractivity contribution in [1.29, 1.82) is 0 Å². The molecule has 0 bridgehead atoms. The summed E-state index contributed by atoms with van der Waals surface area (Å²) < 4.78 is 2.07. The molecule has 1 aromatic rings. The largest absolute Gasteiger partial charge is 0.344 e. The second kappa shape index (κ2) is 4.81. The van der Waals surface area contributed by atoms with Crippen LogP contribution < -0.4 is 10.6 Å². The molecular weight excluding hydrogens is 176 g/mol. The topological polar surface area (TPSA) is 47.1 Å². The molecule has 0 unspecified atom stereocenters. The van der Waals surface area contributed by atoms with Gasteiger partial charge in [0.1, 0.15) is 0 Å². The maximum atomic E-state index is 5.50. The molecule has 1 rings (SSSR count). The molecule has 78 valence electrons. The zero-order chi connectivity index (χ0) is 10.6. The van der Waals surface area contributed by atoms with Gasteiger partial charge in [0.05, 0.1) is 5.69 Å². The molecule has 1 aromatic heterocycles. The van der Waals surface area contributed by atoms with Crippen LogP contribution in [0, 0.1) is 6.92 Å². The maximum absolute atomic E-state index is 5.50. The van der Waals surface area contributed by atoms with Gasteiger partial charge in [-0.05, 0) is 6.92 Å². The van der Waals surface area contributed by atoms with Gasteiger partial charge in [0.25, 0.3) is 0 Å². The van der Waals surface area contributed by atoms with Crippen LogP contribution in [0.25, 0.3) is 0 Å². The SMILES string of the molecule is C=CCn1cc(C)nc1N(C)CCN. The van der Waals surface area contributed by atoms with Crippen molar-refractivity contribution in [3.63, 3.8) is 0 Å². The van der Waals surface area contributed by atoms with Crippen molar-refractivity contribution in [1.82, 2.24) is 9.55 Å². The van der Waals surface area contributed by atoms with Crippen molar-refractivity contribution in [3.05, 3.63) is 24.5 Å². The molecule has 4 nitrogen and oxygen atoms in total. The van der Waals surface area contributed by atoms with Crippen LogP contribution in [0.1, 0.15) is 5.69 Å². The van der Waals surface area contributed by atoms with Crippen LogP contribution in [0.15, 0.2) is 18.9 Å². The van der Waals surface area contributed by atoms with Gasteiger partial charge in [-0.1, -0.05) is 6.08 Å². The summed E-state index contributed by atoms with van der Waals surface area (Å²) in [7, 11) is 1.99. The molecule has 2 N–H and O–H groups in total. The van der Waals surface area contributed by atoms with Crippen LogP contribution in [0.2, 0.25) is 0 Å². The summed E-state index contributed by atoms with van der Waals surface area (Å²) in [5.41, 5.74) is 6.52. The highest BCUT2D eigenvalue weighted by Crippen LogP contribution is 2.12. The number of nitrogens with two attached hydrogens (primary N) is 1. The lowest BCUT2D eigenvalue weighted by atomic mass is 10.5. The van der Waals surface area contributed by atoms with E-state index in [0.29, 0.717) is 6.54 Å². The number of hydrogen-bond donors (Lipinski definition) is 1. The molecule has 0 atom stereocenters. The number of anilines is 1. The highest BCUT2D eigenvalue weighted by Gasteiger charge is 2.08. The molecule has 0 saturated heterocycles. The van der Waals surface area contributed by atoms with Gasteiger partial charge >= 0.3 is 0 Å². The number of aryl methyl sites for hydroxylation is 1. The molecular formula is C10H18N4. The van der Waals surface area contributed by atoms with Gasteiger partial charge in [-0.25, -0.2) is 4.98 Å². The number of nitrogens with zero attached hydrogens (tertiary/aromatic N) is 3. The zero-order valence-electron chi connectivity index (χ0n) is 8.90. The number of aromatic nitrogens is 2. The highest BCUT2D eigenvalue weighted by molar-refractivity contribution is 5.32. The van der Waals surface area contributed by atoms with Gasteiger partial charge in [-0.15, -0.1) is 6.58 Å². The highest BCUT2D eigenvalue weighted by atomic mass is 15.3. The third-order valence-electron chi connectivity index (χ3n) is 2.01. The number of likely N-dealkylation sites (N-methyl/N-ethyl adjacent to an activating group) is 1. The van der Waals surface area contributed by atoms with E-state index < -0.39 is 0 Å². The predicted octanol–water partition coefficient (Wildman–Crippen LogP) is 0.772. The molecule has 4 heteroatoms. The first-order chi connectivity index (χ1) is 6.69. The molecule has 0 radical (unpaired) electrons. The Bertz CT molecular complexity index is 303. The standard InChI is InChI=1S/C10H18N4/c1-4-6-14-8-9(2)12-10(14)13(3)7-5-11/h4,8H,1,5-7,11H2,2-3H3. The fourth-order valence-electron chi connectivity index (χ4n) is 1.41. The Morgan fingerprint density at radius 1 is 1.71 bits per heavy atom. The van der Waals surface area contributed by atoms with Crippen molar-refractivity contribution in [3.8, 4) is 0 Å². The van der Waals surface area contributed by atoms with Gasteiger partial charge < -0.3 is 15.2 Å². The van der Waals surface area contributed by atoms with Crippen LogP contribution in [0.4, 0.5) is 5.95 Å². The van der Waals surface area contributed by atoms with Crippen LogP contribution in [-0.4, -0.2) is 29.7 Å². The van der Waals surface area contributed by atoms with Gasteiger partial charge in [-0.2, -0.15) is 0 Å². The molecule has 1 heterocycles. The third-order valence-corrected chi connectivity index (χ3v) is 2.01. The lowest BCUT2D eigenvalue weighted by molar-refractivity contribution is 0.760. The first kappa shape index (κ1) is 10.8. The molecule has 0 aliphatic heterocycles. The summed E-state index contributed by atoms with van der Waals surface area (Å²) in [4.78, 5) is 6.49. The molecule has 14 heavy (non-hydrogen) atoms. The van der Waals surface area contributed by atoms with E-state index in [1.165, 1.54) is 0 Å². The fraction of sp³-hybridized carbons (Fsp3) is 0.500. The Labute approximate surface area is 85.0 Å². The lowest BCUT2D eigenvalue weighted by Gasteiger charge is -2.17. The van der Waals surface area contributed by atoms with E-state index in [0.717, 1.165) is 24.7 Å². The molecule has 0 spiro atoms. The summed E-state index contributed by atoms with van der Waals surface area (Å²) in [5, 5.41) is 0. The van der Waals surface area contributed by atoms with Gasteiger partial charge in [0.15, 0.2) is 0 Å². The minimum absolute atomic E-state index is 0.635. The van der Waals surface area contributed by atoms with Gasteiger partial charge in [0.2, 0.25) is 5.95 Å². The molecule has 0 fully saturated rings. The second-order valence-electron chi connectivity index (χ2n) is 3.33. The van der Waals surface area contributed by atoms with Crippen LogP contribution >= 0.6 is 0 Å². The first-order valence-corrected chi connectivity index (χ1v) is 4.75. The van der Waals surface area contributed by atoms with E-state index in [2.05, 4.69) is 21.0 Å². The summed E-state index contributed by atoms with van der Waals surface area (Å²) in [6.45, 7) is 7.94. The Morgan fingerprint density at radius 3 is 3.00 bits per heavy atom. The molecule has 0 aliphatic rings. The van der Waals surface area contributed by atoms with Crippen LogP contribution in [-0.2, 0) is 6.54 Å². The van der Waals surface area contributed by atoms with Crippen LogP contribution in [0.5, 0.6) is 0 Å². The number of hydrogen-bond acceptors (Lipinski definition) is 3. The number of allylic oxidation sites excluding steroid dienone is 1. The Balaban J connectivity index is 2.87. The second-order valence-corrected chi connectivity index (χ2v) is 3.33. The average Bonchev–Trinajstić information content (AvgIpc) is 2.48. The lowest BCUT2D eigenvalue weighted by Crippen LogP contribution is -2.27. The minimum atomic E-state index is 0.635. The third kappa shape index (κ3) is 2.35. The van der Waals surface area contributed by atoms with Gasteiger partial charge in [-0.3, -0.25) is 0 Å². The first-order valence-electron chi connectivity index (χ1n) is 4.75. The average molecular weight is 194 g/mol. The van der Waals surface area contributed by atoms with E-state index >= 15 is 0 Å². The summed E-state index contributed by atoms with van der Waals surface area (Å²) in [6, 6.07) is 0. The zero-order valence-corrected chi connectivity index (χ0v) is 8.90. The van der Waals surface area contributed by atoms with Crippen molar-refractivity contribution in [2.24, 2.45) is 5.73 Å². The van der Waals surface area contributed by atoms with E-state index in [-0.39, 0.29) is 0 Å². The molecule has 0 aromatic carbocycles. The van der Waals surface area contributed by atoms with E-state index in [1.54, 1.807) is 0 Å². The summed E-state index contributed by atoms with van der Waals surface area (Å²) in [5.74, 6) is 0.952. The quantitative estimate of drug-likeness (QED) is 0.704. The fourth-order valence-corrected chi connectivity index (χ4v) is 1.41. The number of rotatable bonds is 5. The monoisotopic (exact) mass is 194 g/mol. The van der Waals surface area contributed by atoms with Crippen molar-refractivity contribution < 1.29 is 0 Å². The summed E-state index contributed by atoms with van der Waals surface area (Å²) >= 11 is 0. The Kier molecular flexibility index (Phi) is 3.71. The predicted molar refractivity (Wildman–Crippen MR) is 59.5 cm³/mol. The van der Waals surface area contributed by atoms with E-state index in [4.69, 9.17) is 5.73 Å². The molecule has 0 aliphatic carbocycles. The Hall–Kier alpha value is -1.29. The minimum Gasteiger partial charge on any atom is -0.344 e. The summed E-state index contributed by atoms with van der Waals surface area (Å²) in [6.07, 6.45) is 3.88. The molecule has 0 saturated carbocycles. The Morgan fingerprint density at radius 2 is 2.43 bits per heavy atom. The van der Waals surface area contributed by atoms with Crippen molar-refractivity contribution >= 4 is 5.95 Å². The van der Waals surface area contributed by atoms with Crippen molar-refractivity contribution in [2.75, 3.05) is 25.0 Å². The van der Waals surface area contributed by atoms with Gasteiger partial charge in [0, 0.05) is 32.9 Å². The van der Waals surface area contributed by atoms with Crippen LogP contribution in [0.3, 0.4) is 0 Å². The van der Waals surface area contributed by atoms with Crippen molar-refractivity contribution in [2.45, 2.75) is 13.5 Å². The maximum Gasteiger partial charge on any atom is 0.205 e. The van der Waals surface area contributed by atoms with E-state index in [9.17, 15) is 0 Å². The van der Waals surface area contributed by atoms with E-state index in [1.807, 2.05) is 26.2 Å². The molecule has 0 amide bonds. The normalized spacial score (nSPS) is 10.2. The smallest absolute Gasteiger partial charge is 0.205 e. The number of imidazole rings is 1.